The SMILES string of the molecule is CCCS(=O)(=O)N1CCC[C@H](C(=O)NCCCOC)C1. The highest BCUT2D eigenvalue weighted by atomic mass is 32.2. The van der Waals surface area contributed by atoms with Gasteiger partial charge >= 0.3 is 0 Å². The third kappa shape index (κ3) is 5.38. The quantitative estimate of drug-likeness (QED) is 0.666. The van der Waals surface area contributed by atoms with Crippen LogP contribution in [0, 0.1) is 5.92 Å². The second-order valence-electron chi connectivity index (χ2n) is 5.15. The van der Waals surface area contributed by atoms with Gasteiger partial charge in [0.1, 0.15) is 0 Å². The lowest BCUT2D eigenvalue weighted by atomic mass is 9.99. The summed E-state index contributed by atoms with van der Waals surface area (Å²) < 4.78 is 30.5. The van der Waals surface area contributed by atoms with Gasteiger partial charge in [0, 0.05) is 33.4 Å². The summed E-state index contributed by atoms with van der Waals surface area (Å²) in [6.07, 6.45) is 2.88. The van der Waals surface area contributed by atoms with E-state index in [4.69, 9.17) is 4.74 Å². The number of hydrogen-bond acceptors (Lipinski definition) is 4. The molecule has 1 N–H and O–H groups in total. The molecular weight excluding hydrogens is 280 g/mol. The Hall–Kier alpha value is -0.660. The average Bonchev–Trinajstić information content (AvgIpc) is 2.43. The van der Waals surface area contributed by atoms with Gasteiger partial charge in [-0.2, -0.15) is 0 Å². The van der Waals surface area contributed by atoms with Crippen LogP contribution in [-0.2, 0) is 19.6 Å². The number of nitrogens with one attached hydrogen (secondary N) is 1. The van der Waals surface area contributed by atoms with Crippen molar-refractivity contribution in [2.75, 3.05) is 39.1 Å². The molecule has 0 aromatic heterocycles. The van der Waals surface area contributed by atoms with Crippen LogP contribution in [0.1, 0.15) is 32.6 Å². The van der Waals surface area contributed by atoms with E-state index >= 15 is 0 Å². The Bertz CT molecular complexity index is 397. The van der Waals surface area contributed by atoms with Crippen LogP contribution < -0.4 is 5.32 Å². The first-order chi connectivity index (χ1) is 9.51. The maximum atomic E-state index is 12.0. The van der Waals surface area contributed by atoms with E-state index in [0.29, 0.717) is 32.7 Å². The summed E-state index contributed by atoms with van der Waals surface area (Å²) in [6.45, 7) is 3.89. The highest BCUT2D eigenvalue weighted by Gasteiger charge is 2.31. The molecule has 7 heteroatoms. The number of carbonyl (C=O) groups excluding carboxylic acids is 1. The molecule has 1 aliphatic rings. The molecule has 6 nitrogen and oxygen atoms in total. The molecule has 118 valence electrons. The van der Waals surface area contributed by atoms with Crippen molar-refractivity contribution in [1.82, 2.24) is 9.62 Å². The largest absolute Gasteiger partial charge is 0.385 e. The topological polar surface area (TPSA) is 75.7 Å². The van der Waals surface area contributed by atoms with Crippen molar-refractivity contribution in [2.24, 2.45) is 5.92 Å². The van der Waals surface area contributed by atoms with E-state index < -0.39 is 10.0 Å². The Kier molecular flexibility index (Phi) is 7.47. The van der Waals surface area contributed by atoms with E-state index in [1.54, 1.807) is 7.11 Å². The molecule has 0 aromatic rings. The summed E-state index contributed by atoms with van der Waals surface area (Å²) in [7, 11) is -1.57. The number of ether oxygens (including phenoxy) is 1. The van der Waals surface area contributed by atoms with Gasteiger partial charge < -0.3 is 10.1 Å². The first kappa shape index (κ1) is 17.4. The fraction of sp³-hybridized carbons (Fsp3) is 0.923. The monoisotopic (exact) mass is 306 g/mol. The van der Waals surface area contributed by atoms with Crippen molar-refractivity contribution < 1.29 is 17.9 Å². The van der Waals surface area contributed by atoms with Gasteiger partial charge in [-0.3, -0.25) is 4.79 Å². The fourth-order valence-electron chi connectivity index (χ4n) is 2.37. The smallest absolute Gasteiger partial charge is 0.224 e. The predicted molar refractivity (Wildman–Crippen MR) is 77.9 cm³/mol. The zero-order chi connectivity index (χ0) is 15.0. The molecule has 1 fully saturated rings. The highest BCUT2D eigenvalue weighted by molar-refractivity contribution is 7.89. The van der Waals surface area contributed by atoms with Crippen LogP contribution in [0.2, 0.25) is 0 Å². The molecule has 0 radical (unpaired) electrons. The van der Waals surface area contributed by atoms with Crippen molar-refractivity contribution in [3.63, 3.8) is 0 Å². The minimum absolute atomic E-state index is 0.0440. The lowest BCUT2D eigenvalue weighted by Gasteiger charge is -2.31. The first-order valence-electron chi connectivity index (χ1n) is 7.25. The minimum atomic E-state index is -3.20. The van der Waals surface area contributed by atoms with Crippen LogP contribution in [-0.4, -0.2) is 57.7 Å². The molecule has 0 aromatic carbocycles. The van der Waals surface area contributed by atoms with E-state index in [2.05, 4.69) is 5.32 Å². The summed E-state index contributed by atoms with van der Waals surface area (Å²) >= 11 is 0. The van der Waals surface area contributed by atoms with Crippen molar-refractivity contribution in [3.05, 3.63) is 0 Å². The predicted octanol–water partition coefficient (Wildman–Crippen LogP) is 0.591. The zero-order valence-electron chi connectivity index (χ0n) is 12.4. The summed E-state index contributed by atoms with van der Waals surface area (Å²) in [5.41, 5.74) is 0. The highest BCUT2D eigenvalue weighted by Crippen LogP contribution is 2.20. The Morgan fingerprint density at radius 2 is 2.20 bits per heavy atom. The molecule has 1 atom stereocenters. The van der Waals surface area contributed by atoms with E-state index in [9.17, 15) is 13.2 Å². The Balaban J connectivity index is 2.46. The molecule has 1 aliphatic heterocycles. The third-order valence-electron chi connectivity index (χ3n) is 3.43. The molecule has 0 spiro atoms. The number of piperidine rings is 1. The van der Waals surface area contributed by atoms with Gasteiger partial charge in [0.15, 0.2) is 0 Å². The van der Waals surface area contributed by atoms with E-state index in [0.717, 1.165) is 19.3 Å². The zero-order valence-corrected chi connectivity index (χ0v) is 13.2. The lowest BCUT2D eigenvalue weighted by molar-refractivity contribution is -0.126. The molecule has 1 saturated heterocycles. The Morgan fingerprint density at radius 3 is 2.85 bits per heavy atom. The third-order valence-corrected chi connectivity index (χ3v) is 5.48. The van der Waals surface area contributed by atoms with Crippen LogP contribution >= 0.6 is 0 Å². The van der Waals surface area contributed by atoms with Crippen LogP contribution in [0.25, 0.3) is 0 Å². The number of carbonyl (C=O) groups is 1. The molecule has 0 saturated carbocycles. The van der Waals surface area contributed by atoms with E-state index in [1.165, 1.54) is 4.31 Å². The molecule has 1 rings (SSSR count). The van der Waals surface area contributed by atoms with Crippen molar-refractivity contribution in [2.45, 2.75) is 32.6 Å². The summed E-state index contributed by atoms with van der Waals surface area (Å²) in [6, 6.07) is 0. The average molecular weight is 306 g/mol. The Labute approximate surface area is 121 Å². The molecule has 20 heavy (non-hydrogen) atoms. The number of amides is 1. The number of sulfonamides is 1. The standard InChI is InChI=1S/C13H26N2O4S/c1-3-10-20(17,18)15-8-4-6-12(11-15)13(16)14-7-5-9-19-2/h12H,3-11H2,1-2H3,(H,14,16)/t12-/m0/s1. The maximum Gasteiger partial charge on any atom is 0.224 e. The molecule has 1 heterocycles. The second kappa shape index (κ2) is 8.59. The summed E-state index contributed by atoms with van der Waals surface area (Å²) in [5.74, 6) is -0.106. The molecule has 0 bridgehead atoms. The maximum absolute atomic E-state index is 12.0. The van der Waals surface area contributed by atoms with Crippen LogP contribution in [0.15, 0.2) is 0 Å². The molecular formula is C13H26N2O4S. The van der Waals surface area contributed by atoms with Gasteiger partial charge in [0.05, 0.1) is 11.7 Å². The van der Waals surface area contributed by atoms with E-state index in [1.807, 2.05) is 6.92 Å². The van der Waals surface area contributed by atoms with Crippen LogP contribution in [0.4, 0.5) is 0 Å². The van der Waals surface area contributed by atoms with Gasteiger partial charge in [-0.05, 0) is 25.7 Å². The van der Waals surface area contributed by atoms with Crippen molar-refractivity contribution in [1.29, 1.82) is 0 Å². The summed E-state index contributed by atoms with van der Waals surface area (Å²) in [4.78, 5) is 12.0. The summed E-state index contributed by atoms with van der Waals surface area (Å²) in [5, 5.41) is 2.85. The first-order valence-corrected chi connectivity index (χ1v) is 8.86. The number of nitrogens with zero attached hydrogens (tertiary/aromatic N) is 1. The number of methoxy groups -OCH3 is 1. The van der Waals surface area contributed by atoms with Crippen LogP contribution in [0.5, 0.6) is 0 Å². The van der Waals surface area contributed by atoms with Gasteiger partial charge in [-0.25, -0.2) is 12.7 Å². The van der Waals surface area contributed by atoms with Gasteiger partial charge in [0.25, 0.3) is 0 Å². The minimum Gasteiger partial charge on any atom is -0.385 e. The lowest BCUT2D eigenvalue weighted by Crippen LogP contribution is -2.46. The van der Waals surface area contributed by atoms with Gasteiger partial charge in [-0.1, -0.05) is 6.92 Å². The van der Waals surface area contributed by atoms with Crippen molar-refractivity contribution >= 4 is 15.9 Å². The molecule has 1 amide bonds. The van der Waals surface area contributed by atoms with Crippen LogP contribution in [0.3, 0.4) is 0 Å². The molecule has 0 aliphatic carbocycles. The number of rotatable bonds is 8. The normalized spacial score (nSPS) is 20.8. The van der Waals surface area contributed by atoms with Gasteiger partial charge in [0.2, 0.25) is 15.9 Å². The fourth-order valence-corrected chi connectivity index (χ4v) is 3.96. The Morgan fingerprint density at radius 1 is 1.45 bits per heavy atom. The molecule has 0 unspecified atom stereocenters. The van der Waals surface area contributed by atoms with Crippen molar-refractivity contribution in [3.8, 4) is 0 Å². The second-order valence-corrected chi connectivity index (χ2v) is 7.24. The van der Waals surface area contributed by atoms with Gasteiger partial charge in [-0.15, -0.1) is 0 Å². The number of hydrogen-bond donors (Lipinski definition) is 1. The van der Waals surface area contributed by atoms with E-state index in [-0.39, 0.29) is 17.6 Å².